The van der Waals surface area contributed by atoms with Gasteiger partial charge in [0.05, 0.1) is 9.85 Å². The Kier molecular flexibility index (Phi) is 4.21. The summed E-state index contributed by atoms with van der Waals surface area (Å²) in [5, 5.41) is 21.7. The molecule has 1 unspecified atom stereocenters. The Morgan fingerprint density at radius 3 is 1.91 bits per heavy atom. The lowest BCUT2D eigenvalue weighted by Gasteiger charge is -2.17. The first kappa shape index (κ1) is 15.6. The van der Waals surface area contributed by atoms with Crippen LogP contribution in [0.2, 0.25) is 0 Å². The first-order valence-corrected chi connectivity index (χ1v) is 6.81. The van der Waals surface area contributed by atoms with Gasteiger partial charge in [0.1, 0.15) is 0 Å². The maximum absolute atomic E-state index is 10.9. The SMILES string of the molecule is Cc1cc([N+](=O)[O-])ccc1C(C)c1cc([N+](=O)[O-])ccc1C. The first-order chi connectivity index (χ1) is 10.3. The van der Waals surface area contributed by atoms with Gasteiger partial charge in [0.15, 0.2) is 0 Å². The van der Waals surface area contributed by atoms with Gasteiger partial charge in [0.2, 0.25) is 0 Å². The predicted molar refractivity (Wildman–Crippen MR) is 83.2 cm³/mol. The van der Waals surface area contributed by atoms with E-state index >= 15 is 0 Å². The zero-order valence-electron chi connectivity index (χ0n) is 12.6. The van der Waals surface area contributed by atoms with Gasteiger partial charge in [0.25, 0.3) is 11.4 Å². The summed E-state index contributed by atoms with van der Waals surface area (Å²) in [6, 6.07) is 9.49. The molecule has 0 heterocycles. The molecule has 2 aromatic rings. The number of nitro benzene ring substituents is 2. The minimum Gasteiger partial charge on any atom is -0.258 e. The van der Waals surface area contributed by atoms with Crippen LogP contribution >= 0.6 is 0 Å². The van der Waals surface area contributed by atoms with E-state index in [2.05, 4.69) is 0 Å². The van der Waals surface area contributed by atoms with Crippen LogP contribution in [-0.2, 0) is 0 Å². The molecule has 1 atom stereocenters. The molecule has 0 fully saturated rings. The van der Waals surface area contributed by atoms with E-state index in [0.29, 0.717) is 0 Å². The fourth-order valence-electron chi connectivity index (χ4n) is 2.63. The topological polar surface area (TPSA) is 86.3 Å². The van der Waals surface area contributed by atoms with Crippen molar-refractivity contribution in [2.75, 3.05) is 0 Å². The maximum Gasteiger partial charge on any atom is 0.269 e. The fourth-order valence-corrected chi connectivity index (χ4v) is 2.63. The van der Waals surface area contributed by atoms with E-state index in [1.54, 1.807) is 18.2 Å². The highest BCUT2D eigenvalue weighted by Crippen LogP contribution is 2.32. The number of rotatable bonds is 4. The molecule has 0 radical (unpaired) electrons. The highest BCUT2D eigenvalue weighted by atomic mass is 16.6. The molecule has 0 spiro atoms. The smallest absolute Gasteiger partial charge is 0.258 e. The van der Waals surface area contributed by atoms with Crippen LogP contribution in [0, 0.1) is 34.1 Å². The van der Waals surface area contributed by atoms with Crippen LogP contribution in [0.3, 0.4) is 0 Å². The lowest BCUT2D eigenvalue weighted by atomic mass is 9.87. The van der Waals surface area contributed by atoms with Crippen molar-refractivity contribution >= 4 is 11.4 Å². The summed E-state index contributed by atoms with van der Waals surface area (Å²) in [5.41, 5.74) is 3.63. The Morgan fingerprint density at radius 2 is 1.36 bits per heavy atom. The van der Waals surface area contributed by atoms with Crippen LogP contribution in [0.4, 0.5) is 11.4 Å². The number of benzene rings is 2. The second-order valence-electron chi connectivity index (χ2n) is 5.32. The summed E-state index contributed by atoms with van der Waals surface area (Å²) in [6.07, 6.45) is 0. The average Bonchev–Trinajstić information content (AvgIpc) is 2.46. The van der Waals surface area contributed by atoms with Crippen LogP contribution in [0.5, 0.6) is 0 Å². The summed E-state index contributed by atoms with van der Waals surface area (Å²) in [7, 11) is 0. The molecule has 0 amide bonds. The monoisotopic (exact) mass is 300 g/mol. The van der Waals surface area contributed by atoms with Crippen LogP contribution < -0.4 is 0 Å². The van der Waals surface area contributed by atoms with Gasteiger partial charge in [-0.05, 0) is 36.1 Å². The zero-order valence-corrected chi connectivity index (χ0v) is 12.6. The molecule has 0 aliphatic heterocycles. The number of non-ortho nitro benzene ring substituents is 2. The molecular formula is C16H16N2O4. The molecule has 0 aromatic heterocycles. The molecular weight excluding hydrogens is 284 g/mol. The molecule has 0 saturated heterocycles. The Bertz CT molecular complexity index is 756. The molecule has 0 bridgehead atoms. The lowest BCUT2D eigenvalue weighted by Crippen LogP contribution is -2.03. The van der Waals surface area contributed by atoms with Crippen molar-refractivity contribution in [3.8, 4) is 0 Å². The first-order valence-electron chi connectivity index (χ1n) is 6.81. The van der Waals surface area contributed by atoms with E-state index in [4.69, 9.17) is 0 Å². The highest BCUT2D eigenvalue weighted by molar-refractivity contribution is 5.48. The highest BCUT2D eigenvalue weighted by Gasteiger charge is 2.18. The molecule has 114 valence electrons. The number of aryl methyl sites for hydroxylation is 2. The van der Waals surface area contributed by atoms with Crippen molar-refractivity contribution in [2.45, 2.75) is 26.7 Å². The van der Waals surface area contributed by atoms with Crippen molar-refractivity contribution in [2.24, 2.45) is 0 Å². The van der Waals surface area contributed by atoms with Crippen molar-refractivity contribution < 1.29 is 9.85 Å². The maximum atomic E-state index is 10.9. The van der Waals surface area contributed by atoms with Crippen molar-refractivity contribution in [1.29, 1.82) is 0 Å². The second-order valence-corrected chi connectivity index (χ2v) is 5.32. The van der Waals surface area contributed by atoms with Gasteiger partial charge >= 0.3 is 0 Å². The van der Waals surface area contributed by atoms with Crippen LogP contribution in [-0.4, -0.2) is 9.85 Å². The second kappa shape index (κ2) is 5.93. The van der Waals surface area contributed by atoms with E-state index in [1.165, 1.54) is 18.2 Å². The zero-order chi connectivity index (χ0) is 16.4. The molecule has 6 heteroatoms. The Morgan fingerprint density at radius 1 is 0.818 bits per heavy atom. The number of nitrogens with zero attached hydrogens (tertiary/aromatic N) is 2. The molecule has 22 heavy (non-hydrogen) atoms. The third kappa shape index (κ3) is 2.95. The Hall–Kier alpha value is -2.76. The van der Waals surface area contributed by atoms with Crippen molar-refractivity contribution in [3.63, 3.8) is 0 Å². The molecule has 0 N–H and O–H groups in total. The number of hydrogen-bond donors (Lipinski definition) is 0. The van der Waals surface area contributed by atoms with E-state index in [9.17, 15) is 20.2 Å². The molecule has 0 aliphatic carbocycles. The minimum absolute atomic E-state index is 0.0456. The molecule has 2 aromatic carbocycles. The van der Waals surface area contributed by atoms with Gasteiger partial charge in [-0.1, -0.05) is 19.1 Å². The average molecular weight is 300 g/mol. The largest absolute Gasteiger partial charge is 0.269 e. The van der Waals surface area contributed by atoms with Crippen molar-refractivity contribution in [1.82, 2.24) is 0 Å². The molecule has 6 nitrogen and oxygen atoms in total. The normalized spacial score (nSPS) is 12.0. The Balaban J connectivity index is 2.48. The summed E-state index contributed by atoms with van der Waals surface area (Å²) < 4.78 is 0. The van der Waals surface area contributed by atoms with Crippen LogP contribution in [0.25, 0.3) is 0 Å². The lowest BCUT2D eigenvalue weighted by molar-refractivity contribution is -0.385. The van der Waals surface area contributed by atoms with Gasteiger partial charge in [0, 0.05) is 30.2 Å². The van der Waals surface area contributed by atoms with Gasteiger partial charge in [-0.3, -0.25) is 20.2 Å². The molecule has 0 aliphatic rings. The minimum atomic E-state index is -0.430. The standard InChI is InChI=1S/C16H16N2O4/c1-10-4-5-14(18(21)22)9-16(10)12(3)15-7-6-13(17(19)20)8-11(15)2/h4-9,12H,1-3H3. The summed E-state index contributed by atoms with van der Waals surface area (Å²) in [4.78, 5) is 20.9. The molecule has 2 rings (SSSR count). The number of nitro groups is 2. The van der Waals surface area contributed by atoms with E-state index in [-0.39, 0.29) is 17.3 Å². The summed E-state index contributed by atoms with van der Waals surface area (Å²) in [5.74, 6) is -0.0827. The number of hydrogen-bond acceptors (Lipinski definition) is 4. The quantitative estimate of drug-likeness (QED) is 0.623. The van der Waals surface area contributed by atoms with Gasteiger partial charge in [-0.2, -0.15) is 0 Å². The van der Waals surface area contributed by atoms with Crippen LogP contribution in [0.1, 0.15) is 35.1 Å². The van der Waals surface area contributed by atoms with E-state index in [0.717, 1.165) is 22.3 Å². The van der Waals surface area contributed by atoms with E-state index in [1.807, 2.05) is 20.8 Å². The van der Waals surface area contributed by atoms with Gasteiger partial charge in [-0.25, -0.2) is 0 Å². The third-order valence-corrected chi connectivity index (χ3v) is 3.87. The van der Waals surface area contributed by atoms with Crippen molar-refractivity contribution in [3.05, 3.63) is 78.9 Å². The summed E-state index contributed by atoms with van der Waals surface area (Å²) in [6.45, 7) is 5.65. The van der Waals surface area contributed by atoms with Gasteiger partial charge in [-0.15, -0.1) is 0 Å². The predicted octanol–water partition coefficient (Wildman–Crippen LogP) is 4.27. The van der Waals surface area contributed by atoms with Crippen LogP contribution in [0.15, 0.2) is 36.4 Å². The third-order valence-electron chi connectivity index (χ3n) is 3.87. The molecule has 0 saturated carbocycles. The van der Waals surface area contributed by atoms with Gasteiger partial charge < -0.3 is 0 Å². The summed E-state index contributed by atoms with van der Waals surface area (Å²) >= 11 is 0. The fraction of sp³-hybridized carbons (Fsp3) is 0.250. The Labute approximate surface area is 127 Å². The van der Waals surface area contributed by atoms with E-state index < -0.39 is 9.85 Å².